The predicted molar refractivity (Wildman–Crippen MR) is 142 cm³/mol. The summed E-state index contributed by atoms with van der Waals surface area (Å²) in [5, 5.41) is 6.14. The third-order valence-electron chi connectivity index (χ3n) is 7.23. The molecule has 1 saturated carbocycles. The quantitative estimate of drug-likeness (QED) is 0.199. The maximum Gasteiger partial charge on any atom is 0.410 e. The van der Waals surface area contributed by atoms with E-state index in [2.05, 4.69) is 27.2 Å². The van der Waals surface area contributed by atoms with Crippen molar-refractivity contribution in [1.29, 1.82) is 0 Å². The van der Waals surface area contributed by atoms with Gasteiger partial charge in [-0.1, -0.05) is 23.0 Å². The predicted octanol–water partition coefficient (Wildman–Crippen LogP) is 4.05. The van der Waals surface area contributed by atoms with Crippen molar-refractivity contribution in [1.82, 2.24) is 15.1 Å². The second-order valence-electron chi connectivity index (χ2n) is 11.1. The fraction of sp³-hybridized carbons (Fsp3) is 0.571. The number of piperidine rings is 1. The molecular weight excluding hydrogens is 500 g/mol. The number of amides is 4. The molecule has 1 unspecified atom stereocenters. The van der Waals surface area contributed by atoms with Gasteiger partial charge in [-0.2, -0.15) is 0 Å². The van der Waals surface area contributed by atoms with E-state index >= 15 is 0 Å². The van der Waals surface area contributed by atoms with E-state index in [-0.39, 0.29) is 43.0 Å². The lowest BCUT2D eigenvalue weighted by atomic mass is 9.90. The van der Waals surface area contributed by atoms with Gasteiger partial charge < -0.3 is 14.5 Å². The minimum atomic E-state index is -0.681. The Balaban J connectivity index is 1.45. The lowest BCUT2D eigenvalue weighted by Gasteiger charge is -2.36. The summed E-state index contributed by atoms with van der Waals surface area (Å²) in [7, 11) is 0. The number of fused-ring (bicyclic) bond motifs is 1. The highest BCUT2D eigenvalue weighted by molar-refractivity contribution is 6.05. The number of rotatable bonds is 5. The van der Waals surface area contributed by atoms with E-state index in [0.717, 1.165) is 18.4 Å². The second kappa shape index (κ2) is 11.8. The van der Waals surface area contributed by atoms with Crippen molar-refractivity contribution in [2.45, 2.75) is 96.0 Å². The van der Waals surface area contributed by atoms with Crippen LogP contribution < -0.4 is 5.32 Å². The third kappa shape index (κ3) is 6.70. The van der Waals surface area contributed by atoms with Crippen LogP contribution in [0, 0.1) is 11.8 Å². The molecule has 1 atom stereocenters. The van der Waals surface area contributed by atoms with E-state index < -0.39 is 17.6 Å². The van der Waals surface area contributed by atoms with Gasteiger partial charge in [0.25, 0.3) is 5.91 Å². The fourth-order valence-corrected chi connectivity index (χ4v) is 5.34. The van der Waals surface area contributed by atoms with Crippen LogP contribution in [0.5, 0.6) is 0 Å². The Morgan fingerprint density at radius 1 is 1.21 bits per heavy atom. The minimum Gasteiger partial charge on any atom is -0.444 e. The number of imide groups is 1. The molecule has 39 heavy (non-hydrogen) atoms. The molecule has 1 N–H and O–H groups in total. The van der Waals surface area contributed by atoms with Crippen LogP contribution in [-0.4, -0.2) is 63.9 Å². The SMILES string of the molecule is CC(C)(C)OC(=O)N(CCC#Cc1cccc2c1CN(C1CCC(=O)NC1=O)C2=O)[C@H]1CC[C@@H](N=[N+]=[N-])CC1. The molecule has 1 saturated heterocycles. The Morgan fingerprint density at radius 2 is 1.95 bits per heavy atom. The number of carbonyl (C=O) groups is 4. The molecule has 3 aliphatic rings. The first kappa shape index (κ1) is 28.0. The Hall–Kier alpha value is -4.03. The number of ether oxygens (including phenoxy) is 1. The van der Waals surface area contributed by atoms with Crippen molar-refractivity contribution in [3.8, 4) is 11.8 Å². The van der Waals surface area contributed by atoms with Crippen molar-refractivity contribution in [3.05, 3.63) is 45.3 Å². The van der Waals surface area contributed by atoms with Gasteiger partial charge in [0.15, 0.2) is 0 Å². The molecule has 2 aliphatic heterocycles. The molecule has 0 bridgehead atoms. The van der Waals surface area contributed by atoms with Crippen LogP contribution in [0.4, 0.5) is 4.79 Å². The van der Waals surface area contributed by atoms with Gasteiger partial charge in [0.1, 0.15) is 11.6 Å². The molecule has 1 aromatic carbocycles. The van der Waals surface area contributed by atoms with Crippen LogP contribution in [-0.2, 0) is 20.9 Å². The molecule has 0 spiro atoms. The van der Waals surface area contributed by atoms with Gasteiger partial charge in [-0.25, -0.2) is 4.79 Å². The minimum absolute atomic E-state index is 0.0209. The zero-order chi connectivity index (χ0) is 28.2. The molecule has 11 heteroatoms. The van der Waals surface area contributed by atoms with Crippen LogP contribution in [0.1, 0.15) is 87.2 Å². The summed E-state index contributed by atoms with van der Waals surface area (Å²) in [6.45, 7) is 6.13. The van der Waals surface area contributed by atoms with Gasteiger partial charge >= 0.3 is 6.09 Å². The zero-order valence-electron chi connectivity index (χ0n) is 22.6. The smallest absolute Gasteiger partial charge is 0.410 e. The Bertz CT molecular complexity index is 1260. The average molecular weight is 535 g/mol. The van der Waals surface area contributed by atoms with Gasteiger partial charge in [-0.05, 0) is 76.1 Å². The maximum atomic E-state index is 13.1. The number of hydrogen-bond acceptors (Lipinski definition) is 6. The summed E-state index contributed by atoms with van der Waals surface area (Å²) < 4.78 is 5.66. The monoisotopic (exact) mass is 534 g/mol. The Labute approximate surface area is 227 Å². The van der Waals surface area contributed by atoms with Gasteiger partial charge in [-0.15, -0.1) is 0 Å². The van der Waals surface area contributed by atoms with Crippen molar-refractivity contribution in [3.63, 3.8) is 0 Å². The molecule has 0 radical (unpaired) electrons. The Morgan fingerprint density at radius 3 is 2.62 bits per heavy atom. The molecule has 1 aromatic rings. The summed E-state index contributed by atoms with van der Waals surface area (Å²) in [5.74, 6) is 5.30. The normalized spacial score (nSPS) is 22.7. The largest absolute Gasteiger partial charge is 0.444 e. The van der Waals surface area contributed by atoms with Crippen molar-refractivity contribution >= 4 is 23.8 Å². The summed E-state index contributed by atoms with van der Waals surface area (Å²) in [4.78, 5) is 56.1. The van der Waals surface area contributed by atoms with E-state index in [1.807, 2.05) is 26.8 Å². The molecule has 206 valence electrons. The summed E-state index contributed by atoms with van der Waals surface area (Å²) in [6.07, 6.45) is 3.40. The second-order valence-corrected chi connectivity index (χ2v) is 11.1. The number of carbonyl (C=O) groups excluding carboxylic acids is 4. The highest BCUT2D eigenvalue weighted by Gasteiger charge is 2.39. The van der Waals surface area contributed by atoms with Crippen LogP contribution >= 0.6 is 0 Å². The van der Waals surface area contributed by atoms with Crippen molar-refractivity contribution in [2.24, 2.45) is 5.11 Å². The molecule has 2 fully saturated rings. The Kier molecular flexibility index (Phi) is 8.46. The van der Waals surface area contributed by atoms with Crippen molar-refractivity contribution < 1.29 is 23.9 Å². The molecule has 1 aliphatic carbocycles. The van der Waals surface area contributed by atoms with Crippen LogP contribution in [0.25, 0.3) is 10.4 Å². The summed E-state index contributed by atoms with van der Waals surface area (Å²) in [5.41, 5.74) is 10.1. The summed E-state index contributed by atoms with van der Waals surface area (Å²) in [6, 6.07) is 4.59. The first-order chi connectivity index (χ1) is 18.6. The maximum absolute atomic E-state index is 13.1. The first-order valence-electron chi connectivity index (χ1n) is 13.4. The van der Waals surface area contributed by atoms with Crippen LogP contribution in [0.3, 0.4) is 0 Å². The highest BCUT2D eigenvalue weighted by atomic mass is 16.6. The number of azide groups is 1. The van der Waals surface area contributed by atoms with E-state index in [9.17, 15) is 19.2 Å². The van der Waals surface area contributed by atoms with Gasteiger partial charge in [-0.3, -0.25) is 19.7 Å². The molecular formula is C28H34N6O5. The van der Waals surface area contributed by atoms with Gasteiger partial charge in [0.2, 0.25) is 11.8 Å². The van der Waals surface area contributed by atoms with Crippen molar-refractivity contribution in [2.75, 3.05) is 6.54 Å². The van der Waals surface area contributed by atoms with E-state index in [1.165, 1.54) is 4.90 Å². The van der Waals surface area contributed by atoms with Gasteiger partial charge in [0, 0.05) is 54.1 Å². The standard InChI is InChI=1S/C28H34N6O5/c1-28(2,3)39-27(38)33(20-12-10-19(11-13-20)31-32-29)16-5-4-7-18-8-6-9-21-22(18)17-34(26(21)37)23-14-15-24(35)30-25(23)36/h6,8-9,19-20,23H,5,10-17H2,1-3H3,(H,30,35,36)/t19-,20+,23?. The first-order valence-corrected chi connectivity index (χ1v) is 13.4. The van der Waals surface area contributed by atoms with E-state index in [4.69, 9.17) is 10.3 Å². The van der Waals surface area contributed by atoms with Crippen LogP contribution in [0.2, 0.25) is 0 Å². The number of nitrogens with one attached hydrogen (secondary N) is 1. The number of benzene rings is 1. The lowest BCUT2D eigenvalue weighted by Crippen LogP contribution is -2.52. The summed E-state index contributed by atoms with van der Waals surface area (Å²) >= 11 is 0. The molecule has 0 aromatic heterocycles. The topological polar surface area (TPSA) is 145 Å². The fourth-order valence-electron chi connectivity index (χ4n) is 5.34. The highest BCUT2D eigenvalue weighted by Crippen LogP contribution is 2.30. The number of nitrogens with zero attached hydrogens (tertiary/aromatic N) is 5. The number of hydrogen-bond donors (Lipinski definition) is 1. The van der Waals surface area contributed by atoms with Gasteiger partial charge in [0.05, 0.1) is 0 Å². The van der Waals surface area contributed by atoms with E-state index in [0.29, 0.717) is 43.4 Å². The molecule has 2 heterocycles. The molecule has 11 nitrogen and oxygen atoms in total. The average Bonchev–Trinajstić information content (AvgIpc) is 3.20. The van der Waals surface area contributed by atoms with Crippen LogP contribution in [0.15, 0.2) is 23.3 Å². The van der Waals surface area contributed by atoms with E-state index in [1.54, 1.807) is 17.0 Å². The lowest BCUT2D eigenvalue weighted by molar-refractivity contribution is -0.136. The zero-order valence-corrected chi connectivity index (χ0v) is 22.6. The third-order valence-corrected chi connectivity index (χ3v) is 7.23. The molecule has 4 amide bonds. The molecule has 4 rings (SSSR count).